The average Bonchev–Trinajstić information content (AvgIpc) is 2.99. The standard InChI is InChI=1S/C22H22N2O6/c1-14-8-10-15(11-9-14)20(25)18-19(16-6-3-4-7-17(16)24(28)29)23(12-5-13-30-2)22(27)21(18)26/h3-4,6-11,19,25H,5,12-13H2,1-2H3/b20-18+/t19-/m1/s1. The van der Waals surface area contributed by atoms with Crippen molar-refractivity contribution in [3.8, 4) is 0 Å². The lowest BCUT2D eigenvalue weighted by atomic mass is 9.94. The molecule has 156 valence electrons. The number of benzene rings is 2. The van der Waals surface area contributed by atoms with Gasteiger partial charge in [-0.2, -0.15) is 0 Å². The number of ketones is 1. The Morgan fingerprint density at radius 3 is 2.47 bits per heavy atom. The van der Waals surface area contributed by atoms with Gasteiger partial charge in [-0.1, -0.05) is 42.0 Å². The number of rotatable bonds is 7. The summed E-state index contributed by atoms with van der Waals surface area (Å²) in [6, 6.07) is 11.7. The highest BCUT2D eigenvalue weighted by atomic mass is 16.6. The van der Waals surface area contributed by atoms with E-state index >= 15 is 0 Å². The Hall–Kier alpha value is -3.52. The van der Waals surface area contributed by atoms with Crippen LogP contribution >= 0.6 is 0 Å². The molecular weight excluding hydrogens is 388 g/mol. The number of aryl methyl sites for hydroxylation is 1. The number of nitro benzene ring substituents is 1. The molecule has 0 bridgehead atoms. The summed E-state index contributed by atoms with van der Waals surface area (Å²) in [5.74, 6) is -2.03. The fraction of sp³-hybridized carbons (Fsp3) is 0.273. The van der Waals surface area contributed by atoms with E-state index in [1.165, 1.54) is 30.2 Å². The molecule has 8 heteroatoms. The van der Waals surface area contributed by atoms with Crippen molar-refractivity contribution in [3.05, 3.63) is 80.9 Å². The molecule has 1 heterocycles. The number of ether oxygens (including phenoxy) is 1. The SMILES string of the molecule is COCCCN1C(=O)C(=O)/C(=C(/O)c2ccc(C)cc2)[C@H]1c1ccccc1[N+](=O)[O-]. The zero-order valence-electron chi connectivity index (χ0n) is 16.7. The lowest BCUT2D eigenvalue weighted by Crippen LogP contribution is -2.31. The number of nitro groups is 1. The van der Waals surface area contributed by atoms with Gasteiger partial charge < -0.3 is 14.7 Å². The second-order valence-corrected chi connectivity index (χ2v) is 7.02. The third-order valence-corrected chi connectivity index (χ3v) is 5.04. The Balaban J connectivity index is 2.20. The second kappa shape index (κ2) is 8.87. The van der Waals surface area contributed by atoms with Crippen LogP contribution in [0.3, 0.4) is 0 Å². The van der Waals surface area contributed by atoms with Crippen molar-refractivity contribution >= 4 is 23.1 Å². The first-order valence-corrected chi connectivity index (χ1v) is 9.44. The molecule has 2 aromatic rings. The van der Waals surface area contributed by atoms with Crippen molar-refractivity contribution in [2.75, 3.05) is 20.3 Å². The van der Waals surface area contributed by atoms with E-state index < -0.39 is 22.7 Å². The number of carbonyl (C=O) groups is 2. The quantitative estimate of drug-likeness (QED) is 0.187. The summed E-state index contributed by atoms with van der Waals surface area (Å²) in [4.78, 5) is 38.0. The molecule has 1 saturated heterocycles. The molecule has 8 nitrogen and oxygen atoms in total. The van der Waals surface area contributed by atoms with E-state index in [2.05, 4.69) is 0 Å². The smallest absolute Gasteiger partial charge is 0.295 e. The Morgan fingerprint density at radius 1 is 1.17 bits per heavy atom. The summed E-state index contributed by atoms with van der Waals surface area (Å²) in [5, 5.41) is 22.5. The third kappa shape index (κ3) is 3.95. The van der Waals surface area contributed by atoms with Crippen LogP contribution in [0.5, 0.6) is 0 Å². The van der Waals surface area contributed by atoms with Gasteiger partial charge in [-0.3, -0.25) is 19.7 Å². The maximum Gasteiger partial charge on any atom is 0.295 e. The highest BCUT2D eigenvalue weighted by molar-refractivity contribution is 6.46. The van der Waals surface area contributed by atoms with Crippen molar-refractivity contribution in [1.29, 1.82) is 0 Å². The molecule has 3 rings (SSSR count). The van der Waals surface area contributed by atoms with E-state index in [1.54, 1.807) is 30.3 Å². The van der Waals surface area contributed by atoms with Crippen LogP contribution in [0.4, 0.5) is 5.69 Å². The van der Waals surface area contributed by atoms with Crippen molar-refractivity contribution in [2.24, 2.45) is 0 Å². The van der Waals surface area contributed by atoms with Gasteiger partial charge in [-0.25, -0.2) is 0 Å². The number of para-hydroxylation sites is 1. The van der Waals surface area contributed by atoms with Gasteiger partial charge in [0.05, 0.1) is 22.1 Å². The van der Waals surface area contributed by atoms with Gasteiger partial charge in [0.1, 0.15) is 5.76 Å². The van der Waals surface area contributed by atoms with E-state index in [-0.39, 0.29) is 29.1 Å². The molecule has 0 aliphatic carbocycles. The number of hydrogen-bond donors (Lipinski definition) is 1. The number of amides is 1. The summed E-state index contributed by atoms with van der Waals surface area (Å²) < 4.78 is 5.03. The molecule has 1 aliphatic heterocycles. The molecule has 30 heavy (non-hydrogen) atoms. The lowest BCUT2D eigenvalue weighted by Gasteiger charge is -2.25. The number of methoxy groups -OCH3 is 1. The Labute approximate surface area is 173 Å². The minimum Gasteiger partial charge on any atom is -0.507 e. The van der Waals surface area contributed by atoms with Crippen LogP contribution in [-0.2, 0) is 14.3 Å². The summed E-state index contributed by atoms with van der Waals surface area (Å²) >= 11 is 0. The van der Waals surface area contributed by atoms with Gasteiger partial charge in [-0.05, 0) is 19.4 Å². The number of Topliss-reactive ketones (excluding diaryl/α,β-unsaturated/α-hetero) is 1. The van der Waals surface area contributed by atoms with Crippen molar-refractivity contribution in [1.82, 2.24) is 4.90 Å². The first-order valence-electron chi connectivity index (χ1n) is 9.44. The predicted molar refractivity (Wildman–Crippen MR) is 110 cm³/mol. The number of nitrogens with zero attached hydrogens (tertiary/aromatic N) is 2. The highest BCUT2D eigenvalue weighted by Gasteiger charge is 2.47. The lowest BCUT2D eigenvalue weighted by molar-refractivity contribution is -0.385. The highest BCUT2D eigenvalue weighted by Crippen LogP contribution is 2.42. The monoisotopic (exact) mass is 410 g/mol. The van der Waals surface area contributed by atoms with E-state index in [0.29, 0.717) is 18.6 Å². The average molecular weight is 410 g/mol. The van der Waals surface area contributed by atoms with Crippen LogP contribution in [-0.4, -0.2) is 46.9 Å². The van der Waals surface area contributed by atoms with Crippen LogP contribution in [0.1, 0.15) is 29.2 Å². The Kier molecular flexibility index (Phi) is 6.27. The molecular formula is C22H22N2O6. The molecule has 0 saturated carbocycles. The van der Waals surface area contributed by atoms with Gasteiger partial charge in [0.25, 0.3) is 17.4 Å². The normalized spacial score (nSPS) is 18.1. The molecule has 1 N–H and O–H groups in total. The zero-order chi connectivity index (χ0) is 21.8. The van der Waals surface area contributed by atoms with E-state index in [9.17, 15) is 24.8 Å². The Bertz CT molecular complexity index is 1010. The molecule has 1 aliphatic rings. The third-order valence-electron chi connectivity index (χ3n) is 5.04. The minimum atomic E-state index is -1.07. The second-order valence-electron chi connectivity index (χ2n) is 7.02. The summed E-state index contributed by atoms with van der Waals surface area (Å²) in [5.41, 5.74) is 1.11. The minimum absolute atomic E-state index is 0.153. The van der Waals surface area contributed by atoms with Crippen molar-refractivity contribution in [2.45, 2.75) is 19.4 Å². The molecule has 0 aromatic heterocycles. The van der Waals surface area contributed by atoms with Crippen LogP contribution in [0.25, 0.3) is 5.76 Å². The molecule has 2 aromatic carbocycles. The van der Waals surface area contributed by atoms with Crippen molar-refractivity contribution < 1.29 is 24.4 Å². The van der Waals surface area contributed by atoms with Crippen LogP contribution in [0, 0.1) is 17.0 Å². The molecule has 1 atom stereocenters. The van der Waals surface area contributed by atoms with Crippen LogP contribution in [0.15, 0.2) is 54.1 Å². The zero-order valence-corrected chi connectivity index (χ0v) is 16.7. The number of likely N-dealkylation sites (tertiary alicyclic amines) is 1. The molecule has 0 spiro atoms. The molecule has 0 unspecified atom stereocenters. The van der Waals surface area contributed by atoms with Gasteiger partial charge in [0, 0.05) is 31.9 Å². The summed E-state index contributed by atoms with van der Waals surface area (Å²) in [6.07, 6.45) is 0.436. The fourth-order valence-electron chi connectivity index (χ4n) is 3.57. The summed E-state index contributed by atoms with van der Waals surface area (Å²) in [6.45, 7) is 2.39. The largest absolute Gasteiger partial charge is 0.507 e. The molecule has 0 radical (unpaired) electrons. The predicted octanol–water partition coefficient (Wildman–Crippen LogP) is 3.36. The number of carbonyl (C=O) groups excluding carboxylic acids is 2. The van der Waals surface area contributed by atoms with E-state index in [0.717, 1.165) is 5.56 Å². The Morgan fingerprint density at radius 2 is 1.83 bits per heavy atom. The maximum atomic E-state index is 12.9. The number of aliphatic hydroxyl groups excluding tert-OH is 1. The number of aliphatic hydroxyl groups is 1. The van der Waals surface area contributed by atoms with Gasteiger partial charge in [-0.15, -0.1) is 0 Å². The summed E-state index contributed by atoms with van der Waals surface area (Å²) in [7, 11) is 1.52. The van der Waals surface area contributed by atoms with Crippen molar-refractivity contribution in [3.63, 3.8) is 0 Å². The number of hydrogen-bond acceptors (Lipinski definition) is 6. The van der Waals surface area contributed by atoms with Gasteiger partial charge in [0.15, 0.2) is 0 Å². The van der Waals surface area contributed by atoms with Crippen LogP contribution in [0.2, 0.25) is 0 Å². The van der Waals surface area contributed by atoms with Gasteiger partial charge >= 0.3 is 0 Å². The van der Waals surface area contributed by atoms with Gasteiger partial charge in [0.2, 0.25) is 0 Å². The topological polar surface area (TPSA) is 110 Å². The van der Waals surface area contributed by atoms with E-state index in [4.69, 9.17) is 4.74 Å². The first-order chi connectivity index (χ1) is 14.4. The van der Waals surface area contributed by atoms with Crippen LogP contribution < -0.4 is 0 Å². The maximum absolute atomic E-state index is 12.9. The van der Waals surface area contributed by atoms with E-state index in [1.807, 2.05) is 6.92 Å². The molecule has 1 fully saturated rings. The first kappa shape index (κ1) is 21.2. The molecule has 1 amide bonds. The fourth-order valence-corrected chi connectivity index (χ4v) is 3.57.